The first-order valence-electron chi connectivity index (χ1n) is 12.0. The van der Waals surface area contributed by atoms with E-state index in [1.807, 2.05) is 18.2 Å². The molecule has 0 radical (unpaired) electrons. The summed E-state index contributed by atoms with van der Waals surface area (Å²) in [4.78, 5) is 0. The maximum Gasteiger partial charge on any atom is 0.249 e. The zero-order valence-corrected chi connectivity index (χ0v) is 20.2. The quantitative estimate of drug-likeness (QED) is 0.249. The van der Waals surface area contributed by atoms with Crippen LogP contribution in [0.3, 0.4) is 0 Å². The highest BCUT2D eigenvalue weighted by Crippen LogP contribution is 2.46. The lowest BCUT2D eigenvalue weighted by Crippen LogP contribution is -2.81. The molecule has 0 spiro atoms. The predicted molar refractivity (Wildman–Crippen MR) is 124 cm³/mol. The molecular formula is C24H39N3O7. The molecule has 7 N–H and O–H groups in total. The molecule has 11 atom stereocenters. The van der Waals surface area contributed by atoms with E-state index in [0.717, 1.165) is 0 Å². The summed E-state index contributed by atoms with van der Waals surface area (Å²) in [5, 5.41) is 54.3. The average Bonchev–Trinajstić information content (AvgIpc) is 2.80. The van der Waals surface area contributed by atoms with Crippen molar-refractivity contribution in [1.82, 2.24) is 16.0 Å². The van der Waals surface area contributed by atoms with Gasteiger partial charge in [-0.1, -0.05) is 37.3 Å². The molecule has 4 unspecified atom stereocenters. The van der Waals surface area contributed by atoms with Crippen LogP contribution in [0, 0.1) is 0 Å². The number of benzene rings is 1. The standard InChI is InChI=1S/C24H39N3O7/c1-13(15-8-6-5-7-9-15)11-27-12-23(30)10-14(2)32-22-24(23,31)34-20-17(26-4)18(28)16(25-3)19(29)21(20)33-22/h5-9,13-14,16-22,25-31H,10-12H2,1-4H3/t13?,14-,16-,17+,18+,19+,20?,21?,22?,23-,24-/m1/s1. The molecule has 2 heterocycles. The molecule has 1 aromatic rings. The number of hydrogen-bond donors (Lipinski definition) is 7. The number of aliphatic hydroxyl groups excluding tert-OH is 2. The lowest BCUT2D eigenvalue weighted by atomic mass is 9.77. The Balaban J connectivity index is 1.53. The molecule has 0 aromatic heterocycles. The molecule has 3 fully saturated rings. The SMILES string of the molecule is CN[C@@H]1[C@H](O)[C@H](NC)C2O[C@]3(O)C(OC2[C@H]1O)O[C@H](C)C[C@@]3(O)CNCC(C)c1ccccc1. The van der Waals surface area contributed by atoms with Crippen LogP contribution in [0.25, 0.3) is 0 Å². The number of nitrogens with one attached hydrogen (secondary N) is 3. The van der Waals surface area contributed by atoms with E-state index in [9.17, 15) is 20.4 Å². The number of aliphatic hydroxyl groups is 4. The first kappa shape index (κ1) is 25.9. The number of ether oxygens (including phenoxy) is 3. The van der Waals surface area contributed by atoms with Crippen LogP contribution in [0.1, 0.15) is 31.7 Å². The molecule has 2 saturated heterocycles. The molecule has 0 bridgehead atoms. The van der Waals surface area contributed by atoms with E-state index in [1.165, 1.54) is 5.56 Å². The van der Waals surface area contributed by atoms with E-state index in [4.69, 9.17) is 14.2 Å². The largest absolute Gasteiger partial charge is 0.390 e. The van der Waals surface area contributed by atoms with Gasteiger partial charge in [-0.05, 0) is 32.5 Å². The van der Waals surface area contributed by atoms with Crippen molar-refractivity contribution in [2.75, 3.05) is 27.2 Å². The van der Waals surface area contributed by atoms with E-state index in [-0.39, 0.29) is 18.9 Å². The van der Waals surface area contributed by atoms with Gasteiger partial charge < -0.3 is 50.6 Å². The minimum Gasteiger partial charge on any atom is -0.390 e. The monoisotopic (exact) mass is 481 g/mol. The number of fused-ring (bicyclic) bond motifs is 2. The van der Waals surface area contributed by atoms with Gasteiger partial charge in [0.05, 0.1) is 24.3 Å². The van der Waals surface area contributed by atoms with Gasteiger partial charge in [0.1, 0.15) is 23.9 Å². The molecule has 10 nitrogen and oxygen atoms in total. The Morgan fingerprint density at radius 2 is 1.68 bits per heavy atom. The fraction of sp³-hybridized carbons (Fsp3) is 0.750. The first-order chi connectivity index (χ1) is 16.1. The average molecular weight is 482 g/mol. The number of rotatable bonds is 7. The number of likely N-dealkylation sites (N-methyl/N-ethyl adjacent to an activating group) is 2. The third kappa shape index (κ3) is 4.41. The Morgan fingerprint density at radius 3 is 2.32 bits per heavy atom. The van der Waals surface area contributed by atoms with Crippen molar-refractivity contribution in [3.8, 4) is 0 Å². The normalized spacial score (nSPS) is 45.3. The molecule has 1 aromatic carbocycles. The minimum absolute atomic E-state index is 0.0418. The van der Waals surface area contributed by atoms with Crippen LogP contribution < -0.4 is 16.0 Å². The maximum absolute atomic E-state index is 11.7. The van der Waals surface area contributed by atoms with Crippen molar-refractivity contribution in [3.63, 3.8) is 0 Å². The maximum atomic E-state index is 11.7. The summed E-state index contributed by atoms with van der Waals surface area (Å²) in [5.41, 5.74) is -0.565. The van der Waals surface area contributed by atoms with Crippen molar-refractivity contribution in [2.45, 2.75) is 86.5 Å². The molecule has 34 heavy (non-hydrogen) atoms. The third-order valence-electron chi connectivity index (χ3n) is 7.59. The Labute approximate surface area is 200 Å². The summed E-state index contributed by atoms with van der Waals surface area (Å²) in [6.45, 7) is 4.50. The highest BCUT2D eigenvalue weighted by molar-refractivity contribution is 5.19. The van der Waals surface area contributed by atoms with Crippen molar-refractivity contribution < 1.29 is 34.6 Å². The van der Waals surface area contributed by atoms with Crippen LogP contribution in [0.2, 0.25) is 0 Å². The Hall–Kier alpha value is -1.18. The highest BCUT2D eigenvalue weighted by Gasteiger charge is 2.68. The van der Waals surface area contributed by atoms with Gasteiger partial charge in [0.2, 0.25) is 12.1 Å². The van der Waals surface area contributed by atoms with Gasteiger partial charge >= 0.3 is 0 Å². The van der Waals surface area contributed by atoms with E-state index in [0.29, 0.717) is 6.54 Å². The lowest BCUT2D eigenvalue weighted by molar-refractivity contribution is -0.482. The van der Waals surface area contributed by atoms with Crippen LogP contribution in [-0.2, 0) is 14.2 Å². The Morgan fingerprint density at radius 1 is 1.00 bits per heavy atom. The molecule has 3 aliphatic rings. The van der Waals surface area contributed by atoms with Crippen molar-refractivity contribution >= 4 is 0 Å². The fourth-order valence-electron chi connectivity index (χ4n) is 5.62. The second-order valence-electron chi connectivity index (χ2n) is 9.95. The molecule has 1 aliphatic carbocycles. The summed E-state index contributed by atoms with van der Waals surface area (Å²) in [6, 6.07) is 8.71. The first-order valence-corrected chi connectivity index (χ1v) is 12.0. The minimum atomic E-state index is -2.20. The zero-order chi connectivity index (χ0) is 24.7. The zero-order valence-electron chi connectivity index (χ0n) is 20.2. The summed E-state index contributed by atoms with van der Waals surface area (Å²) < 4.78 is 18.0. The summed E-state index contributed by atoms with van der Waals surface area (Å²) in [7, 11) is 3.30. The predicted octanol–water partition coefficient (Wildman–Crippen LogP) is -1.37. The molecule has 2 aliphatic heterocycles. The Bertz CT molecular complexity index is 819. The molecule has 1 saturated carbocycles. The van der Waals surface area contributed by atoms with E-state index in [2.05, 4.69) is 35.0 Å². The van der Waals surface area contributed by atoms with Crippen LogP contribution in [-0.4, -0.2) is 108 Å². The van der Waals surface area contributed by atoms with Crippen LogP contribution in [0.4, 0.5) is 0 Å². The van der Waals surface area contributed by atoms with Crippen molar-refractivity contribution in [2.24, 2.45) is 0 Å². The summed E-state index contributed by atoms with van der Waals surface area (Å²) >= 11 is 0. The second kappa shape index (κ2) is 10.1. The van der Waals surface area contributed by atoms with Gasteiger partial charge in [-0.3, -0.25) is 0 Å². The topological polar surface area (TPSA) is 145 Å². The van der Waals surface area contributed by atoms with Crippen molar-refractivity contribution in [1.29, 1.82) is 0 Å². The lowest BCUT2D eigenvalue weighted by Gasteiger charge is -2.60. The van der Waals surface area contributed by atoms with Gasteiger partial charge in [0.25, 0.3) is 0 Å². The van der Waals surface area contributed by atoms with E-state index in [1.54, 1.807) is 21.0 Å². The molecule has 4 rings (SSSR count). The van der Waals surface area contributed by atoms with Gasteiger partial charge in [0, 0.05) is 19.5 Å². The highest BCUT2D eigenvalue weighted by atomic mass is 16.8. The summed E-state index contributed by atoms with van der Waals surface area (Å²) in [6.07, 6.45) is -5.56. The summed E-state index contributed by atoms with van der Waals surface area (Å²) in [5.74, 6) is -2.01. The van der Waals surface area contributed by atoms with Crippen LogP contribution in [0.15, 0.2) is 30.3 Å². The van der Waals surface area contributed by atoms with Gasteiger partial charge in [-0.25, -0.2) is 0 Å². The fourth-order valence-corrected chi connectivity index (χ4v) is 5.62. The number of hydrogen-bond acceptors (Lipinski definition) is 10. The smallest absolute Gasteiger partial charge is 0.249 e. The Kier molecular flexibility index (Phi) is 7.66. The molecule has 192 valence electrons. The van der Waals surface area contributed by atoms with Gasteiger partial charge in [-0.15, -0.1) is 0 Å². The van der Waals surface area contributed by atoms with Gasteiger partial charge in [0.15, 0.2) is 0 Å². The third-order valence-corrected chi connectivity index (χ3v) is 7.59. The van der Waals surface area contributed by atoms with E-state index < -0.39 is 60.3 Å². The van der Waals surface area contributed by atoms with Crippen LogP contribution in [0.5, 0.6) is 0 Å². The molecular weight excluding hydrogens is 442 g/mol. The van der Waals surface area contributed by atoms with E-state index >= 15 is 0 Å². The molecule has 0 amide bonds. The van der Waals surface area contributed by atoms with Gasteiger partial charge in [-0.2, -0.15) is 0 Å². The van der Waals surface area contributed by atoms with Crippen LogP contribution >= 0.6 is 0 Å². The molecule has 10 heteroatoms. The second-order valence-corrected chi connectivity index (χ2v) is 9.95. The van der Waals surface area contributed by atoms with Crippen molar-refractivity contribution in [3.05, 3.63) is 35.9 Å².